The first kappa shape index (κ1) is 17.2. The van der Waals surface area contributed by atoms with Crippen molar-refractivity contribution in [2.45, 2.75) is 32.7 Å². The maximum atomic E-state index is 12.3. The molecule has 1 amide bonds. The third-order valence-electron chi connectivity index (χ3n) is 4.19. The van der Waals surface area contributed by atoms with Crippen molar-refractivity contribution < 1.29 is 4.79 Å². The predicted octanol–water partition coefficient (Wildman–Crippen LogP) is 3.33. The lowest BCUT2D eigenvalue weighted by atomic mass is 10.0. The summed E-state index contributed by atoms with van der Waals surface area (Å²) in [6.07, 6.45) is 4.52. The van der Waals surface area contributed by atoms with Crippen LogP contribution in [0.3, 0.4) is 0 Å². The van der Waals surface area contributed by atoms with Gasteiger partial charge < -0.3 is 5.73 Å². The molecule has 3 aromatic rings. The minimum Gasteiger partial charge on any atom is -0.366 e. The molecule has 0 atom stereocenters. The number of hydrogen-bond donors (Lipinski definition) is 2. The van der Waals surface area contributed by atoms with Gasteiger partial charge in [0.25, 0.3) is 0 Å². The number of hydrogen-bond acceptors (Lipinski definition) is 3. The predicted molar refractivity (Wildman–Crippen MR) is 98.8 cm³/mol. The number of nitrogens with one attached hydrogen (secondary N) is 1. The van der Waals surface area contributed by atoms with E-state index in [9.17, 15) is 9.59 Å². The number of carbonyl (C=O) groups is 1. The number of amides is 1. The van der Waals surface area contributed by atoms with Gasteiger partial charge >= 0.3 is 5.69 Å². The first-order valence-corrected chi connectivity index (χ1v) is 8.58. The van der Waals surface area contributed by atoms with Crippen LogP contribution in [0.5, 0.6) is 0 Å². The highest BCUT2D eigenvalue weighted by atomic mass is 35.5. The lowest BCUT2D eigenvalue weighted by Crippen LogP contribution is -2.17. The molecule has 3 N–H and O–H groups in total. The Morgan fingerprint density at radius 1 is 1.28 bits per heavy atom. The molecule has 0 aliphatic rings. The van der Waals surface area contributed by atoms with Crippen molar-refractivity contribution in [3.05, 3.63) is 51.5 Å². The largest absolute Gasteiger partial charge is 0.366 e. The number of aromatic nitrogens is 3. The molecule has 130 valence electrons. The van der Waals surface area contributed by atoms with Gasteiger partial charge in [0.2, 0.25) is 5.91 Å². The van der Waals surface area contributed by atoms with E-state index in [1.165, 1.54) is 6.20 Å². The van der Waals surface area contributed by atoms with Crippen LogP contribution in [0.4, 0.5) is 0 Å². The molecule has 2 aromatic heterocycles. The van der Waals surface area contributed by atoms with Crippen LogP contribution in [0, 0.1) is 0 Å². The highest BCUT2D eigenvalue weighted by Crippen LogP contribution is 2.33. The van der Waals surface area contributed by atoms with Crippen molar-refractivity contribution in [1.82, 2.24) is 14.5 Å². The molecule has 3 rings (SSSR count). The Balaban J connectivity index is 2.17. The SMILES string of the molecule is CCCCCn1c(=O)[nH]c2ncc(Cl)c(-c3ccc(C(N)=O)cc3)c21. The van der Waals surface area contributed by atoms with Crippen molar-refractivity contribution in [2.75, 3.05) is 0 Å². The monoisotopic (exact) mass is 358 g/mol. The number of nitrogens with zero attached hydrogens (tertiary/aromatic N) is 2. The summed E-state index contributed by atoms with van der Waals surface area (Å²) in [4.78, 5) is 30.6. The van der Waals surface area contributed by atoms with Gasteiger partial charge in [-0.3, -0.25) is 14.3 Å². The maximum Gasteiger partial charge on any atom is 0.327 e. The first-order chi connectivity index (χ1) is 12.0. The molecule has 2 heterocycles. The minimum absolute atomic E-state index is 0.198. The number of benzene rings is 1. The smallest absolute Gasteiger partial charge is 0.327 e. The van der Waals surface area contributed by atoms with Crippen LogP contribution in [-0.4, -0.2) is 20.4 Å². The van der Waals surface area contributed by atoms with E-state index in [0.29, 0.717) is 28.3 Å². The van der Waals surface area contributed by atoms with Crippen molar-refractivity contribution in [3.8, 4) is 11.1 Å². The summed E-state index contributed by atoms with van der Waals surface area (Å²) in [6.45, 7) is 2.71. The second-order valence-corrected chi connectivity index (χ2v) is 6.32. The van der Waals surface area contributed by atoms with Gasteiger partial charge in [0.05, 0.1) is 10.5 Å². The van der Waals surface area contributed by atoms with E-state index in [4.69, 9.17) is 17.3 Å². The van der Waals surface area contributed by atoms with Crippen LogP contribution >= 0.6 is 11.6 Å². The Kier molecular flexibility index (Phi) is 4.90. The number of H-pyrrole nitrogens is 1. The van der Waals surface area contributed by atoms with Crippen LogP contribution in [-0.2, 0) is 6.54 Å². The van der Waals surface area contributed by atoms with Gasteiger partial charge in [0, 0.05) is 23.9 Å². The average molecular weight is 359 g/mol. The van der Waals surface area contributed by atoms with Gasteiger partial charge in [-0.05, 0) is 24.1 Å². The molecule has 25 heavy (non-hydrogen) atoms. The van der Waals surface area contributed by atoms with Crippen LogP contribution < -0.4 is 11.4 Å². The van der Waals surface area contributed by atoms with Crippen molar-refractivity contribution >= 4 is 28.7 Å². The molecular formula is C18H19ClN4O2. The van der Waals surface area contributed by atoms with E-state index >= 15 is 0 Å². The molecule has 0 fully saturated rings. The van der Waals surface area contributed by atoms with Crippen molar-refractivity contribution in [3.63, 3.8) is 0 Å². The third kappa shape index (κ3) is 3.30. The molecule has 0 spiro atoms. The highest BCUT2D eigenvalue weighted by Gasteiger charge is 2.17. The van der Waals surface area contributed by atoms with E-state index in [2.05, 4.69) is 16.9 Å². The lowest BCUT2D eigenvalue weighted by Gasteiger charge is -2.10. The third-order valence-corrected chi connectivity index (χ3v) is 4.48. The summed E-state index contributed by atoms with van der Waals surface area (Å²) in [5.41, 5.74) is 8.21. The fourth-order valence-corrected chi connectivity index (χ4v) is 3.16. The highest BCUT2D eigenvalue weighted by molar-refractivity contribution is 6.34. The number of pyridine rings is 1. The molecule has 1 aromatic carbocycles. The summed E-state index contributed by atoms with van der Waals surface area (Å²) >= 11 is 6.40. The van der Waals surface area contributed by atoms with Gasteiger partial charge in [-0.2, -0.15) is 0 Å². The summed E-state index contributed by atoms with van der Waals surface area (Å²) in [5.74, 6) is -0.490. The van der Waals surface area contributed by atoms with Crippen LogP contribution in [0.25, 0.3) is 22.3 Å². The molecule has 0 aliphatic carbocycles. The zero-order valence-electron chi connectivity index (χ0n) is 13.9. The van der Waals surface area contributed by atoms with E-state index < -0.39 is 5.91 Å². The Bertz CT molecular complexity index is 973. The van der Waals surface area contributed by atoms with Gasteiger partial charge in [-0.15, -0.1) is 0 Å². The minimum atomic E-state index is -0.490. The molecule has 0 saturated heterocycles. The van der Waals surface area contributed by atoms with E-state index in [-0.39, 0.29) is 5.69 Å². The topological polar surface area (TPSA) is 93.8 Å². The molecule has 0 saturated carbocycles. The fourth-order valence-electron chi connectivity index (χ4n) is 2.91. The summed E-state index contributed by atoms with van der Waals surface area (Å²) in [6, 6.07) is 6.84. The van der Waals surface area contributed by atoms with Gasteiger partial charge in [0.1, 0.15) is 0 Å². The standard InChI is InChI=1S/C18H19ClN4O2/c1-2-3-4-9-23-15-14(11-5-7-12(8-6-11)16(20)24)13(19)10-21-17(15)22-18(23)25/h5-8,10H,2-4,9H2,1H3,(H2,20,24)(H,21,22,25). The van der Waals surface area contributed by atoms with E-state index in [1.807, 2.05) is 0 Å². The zero-order valence-corrected chi connectivity index (χ0v) is 14.6. The second kappa shape index (κ2) is 7.11. The number of aromatic amines is 1. The van der Waals surface area contributed by atoms with Crippen LogP contribution in [0.1, 0.15) is 36.5 Å². The Hall–Kier alpha value is -2.60. The lowest BCUT2D eigenvalue weighted by molar-refractivity contribution is 0.100. The normalized spacial score (nSPS) is 11.1. The average Bonchev–Trinajstić information content (AvgIpc) is 2.91. The van der Waals surface area contributed by atoms with Gasteiger partial charge in [-0.25, -0.2) is 9.78 Å². The van der Waals surface area contributed by atoms with Crippen molar-refractivity contribution in [2.24, 2.45) is 5.73 Å². The molecule has 0 unspecified atom stereocenters. The van der Waals surface area contributed by atoms with Gasteiger partial charge in [-0.1, -0.05) is 43.5 Å². The molecule has 7 heteroatoms. The van der Waals surface area contributed by atoms with Crippen LogP contribution in [0.15, 0.2) is 35.3 Å². The molecular weight excluding hydrogens is 340 g/mol. The van der Waals surface area contributed by atoms with E-state index in [1.54, 1.807) is 28.8 Å². The Labute approximate surface area is 149 Å². The Morgan fingerprint density at radius 2 is 2.00 bits per heavy atom. The number of carbonyl (C=O) groups excluding carboxylic acids is 1. The Morgan fingerprint density at radius 3 is 2.64 bits per heavy atom. The van der Waals surface area contributed by atoms with Gasteiger partial charge in [0.15, 0.2) is 5.65 Å². The van der Waals surface area contributed by atoms with Crippen LogP contribution in [0.2, 0.25) is 5.02 Å². The van der Waals surface area contributed by atoms with Crippen molar-refractivity contribution in [1.29, 1.82) is 0 Å². The number of aryl methyl sites for hydroxylation is 1. The summed E-state index contributed by atoms with van der Waals surface area (Å²) in [5, 5.41) is 0.447. The maximum absolute atomic E-state index is 12.3. The number of halogens is 1. The first-order valence-electron chi connectivity index (χ1n) is 8.20. The zero-order chi connectivity index (χ0) is 18.0. The summed E-state index contributed by atoms with van der Waals surface area (Å²) < 4.78 is 1.68. The molecule has 6 nitrogen and oxygen atoms in total. The quantitative estimate of drug-likeness (QED) is 0.662. The summed E-state index contributed by atoms with van der Waals surface area (Å²) in [7, 11) is 0. The number of nitrogens with two attached hydrogens (primary N) is 1. The van der Waals surface area contributed by atoms with E-state index in [0.717, 1.165) is 30.4 Å². The fraction of sp³-hybridized carbons (Fsp3) is 0.278. The second-order valence-electron chi connectivity index (χ2n) is 5.91. The molecule has 0 bridgehead atoms. The molecule has 0 aliphatic heterocycles. The number of rotatable bonds is 6. The number of primary amides is 1. The number of fused-ring (bicyclic) bond motifs is 1. The number of imidazole rings is 1. The number of unbranched alkanes of at least 4 members (excludes halogenated alkanes) is 2. The molecule has 0 radical (unpaired) electrons.